The van der Waals surface area contributed by atoms with Crippen molar-refractivity contribution in [1.82, 2.24) is 4.57 Å². The van der Waals surface area contributed by atoms with Crippen LogP contribution >= 0.6 is 11.3 Å². The molecule has 0 unspecified atom stereocenters. The molecule has 4 heteroatoms. The minimum atomic E-state index is 0.502. The van der Waals surface area contributed by atoms with E-state index in [4.69, 9.17) is 0 Å². The molecule has 0 saturated carbocycles. The van der Waals surface area contributed by atoms with Gasteiger partial charge in [-0.05, 0) is 70.9 Å². The van der Waals surface area contributed by atoms with Gasteiger partial charge in [0.05, 0.1) is 34.3 Å². The molecule has 0 amide bonds. The average molecular weight is 526 g/mol. The summed E-state index contributed by atoms with van der Waals surface area (Å²) in [5.74, 6) is 0. The second-order valence-electron chi connectivity index (χ2n) is 9.98. The van der Waals surface area contributed by atoms with Gasteiger partial charge in [0.15, 0.2) is 0 Å². The number of rotatable bonds is 2. The third kappa shape index (κ3) is 3.15. The van der Waals surface area contributed by atoms with Gasteiger partial charge in [-0.25, -0.2) is 0 Å². The summed E-state index contributed by atoms with van der Waals surface area (Å²) < 4.78 is 4.90. The highest BCUT2D eigenvalue weighted by atomic mass is 32.1. The van der Waals surface area contributed by atoms with Gasteiger partial charge in [-0.3, -0.25) is 0 Å². The van der Waals surface area contributed by atoms with Crippen LogP contribution in [0.3, 0.4) is 0 Å². The third-order valence-electron chi connectivity index (χ3n) is 7.87. The summed E-state index contributed by atoms with van der Waals surface area (Å²) in [7, 11) is 0. The summed E-state index contributed by atoms with van der Waals surface area (Å²) in [6.45, 7) is 0. The van der Waals surface area contributed by atoms with E-state index in [1.54, 1.807) is 18.2 Å². The van der Waals surface area contributed by atoms with Crippen LogP contribution < -0.4 is 0 Å². The van der Waals surface area contributed by atoms with Gasteiger partial charge >= 0.3 is 0 Å². The van der Waals surface area contributed by atoms with Crippen molar-refractivity contribution >= 4 is 64.1 Å². The Labute approximate surface area is 234 Å². The fourth-order valence-corrected chi connectivity index (χ4v) is 7.21. The molecule has 8 aromatic rings. The van der Waals surface area contributed by atoms with Gasteiger partial charge in [-0.2, -0.15) is 10.5 Å². The van der Waals surface area contributed by atoms with Crippen molar-refractivity contribution in [3.8, 4) is 29.0 Å². The summed E-state index contributed by atoms with van der Waals surface area (Å²) in [5, 5.41) is 26.9. The minimum Gasteiger partial charge on any atom is -0.309 e. The van der Waals surface area contributed by atoms with E-state index in [-0.39, 0.29) is 0 Å². The third-order valence-corrected chi connectivity index (χ3v) is 9.02. The summed E-state index contributed by atoms with van der Waals surface area (Å²) in [6.07, 6.45) is 0. The number of thiophene rings is 1. The Kier molecular flexibility index (Phi) is 4.82. The molecule has 0 aliphatic rings. The zero-order valence-electron chi connectivity index (χ0n) is 21.2. The number of fused-ring (bicyclic) bond motifs is 8. The SMILES string of the molecule is N#Cc1cccc(C#N)c1-c1ccc2c(c1)c1c3ccccc3ccc1n2-c1ccc2sc3ccccc3c2c1. The highest BCUT2D eigenvalue weighted by molar-refractivity contribution is 7.25. The Balaban J connectivity index is 1.50. The number of nitriles is 2. The number of hydrogen-bond acceptors (Lipinski definition) is 3. The predicted molar refractivity (Wildman–Crippen MR) is 166 cm³/mol. The van der Waals surface area contributed by atoms with Crippen molar-refractivity contribution in [3.05, 3.63) is 126 Å². The summed E-state index contributed by atoms with van der Waals surface area (Å²) in [4.78, 5) is 0. The fourth-order valence-electron chi connectivity index (χ4n) is 6.13. The zero-order chi connectivity index (χ0) is 26.8. The highest BCUT2D eigenvalue weighted by Crippen LogP contribution is 2.41. The van der Waals surface area contributed by atoms with Gasteiger partial charge in [0.25, 0.3) is 0 Å². The lowest BCUT2D eigenvalue weighted by molar-refractivity contribution is 1.19. The smallest absolute Gasteiger partial charge is 0.0998 e. The van der Waals surface area contributed by atoms with Crippen LogP contribution in [0.2, 0.25) is 0 Å². The van der Waals surface area contributed by atoms with Gasteiger partial charge < -0.3 is 4.57 Å². The number of benzene rings is 6. The van der Waals surface area contributed by atoms with Crippen molar-refractivity contribution < 1.29 is 0 Å². The van der Waals surface area contributed by atoms with Crippen LogP contribution in [0.15, 0.2) is 115 Å². The molecular formula is C36H19N3S. The molecule has 8 rings (SSSR count). The monoisotopic (exact) mass is 525 g/mol. The van der Waals surface area contributed by atoms with Gasteiger partial charge in [0.2, 0.25) is 0 Å². The van der Waals surface area contributed by atoms with E-state index < -0.39 is 0 Å². The van der Waals surface area contributed by atoms with Crippen molar-refractivity contribution in [2.45, 2.75) is 0 Å². The summed E-state index contributed by atoms with van der Waals surface area (Å²) in [6, 6.07) is 44.4. The quantitative estimate of drug-likeness (QED) is 0.226. The number of hydrogen-bond donors (Lipinski definition) is 0. The van der Waals surface area contributed by atoms with Gasteiger partial charge in [-0.15, -0.1) is 11.3 Å². The number of aromatic nitrogens is 1. The lowest BCUT2D eigenvalue weighted by Gasteiger charge is -2.10. The van der Waals surface area contributed by atoms with Crippen molar-refractivity contribution in [1.29, 1.82) is 10.5 Å². The van der Waals surface area contributed by atoms with Crippen LogP contribution in [0.5, 0.6) is 0 Å². The van der Waals surface area contributed by atoms with E-state index >= 15 is 0 Å². The second-order valence-corrected chi connectivity index (χ2v) is 11.1. The van der Waals surface area contributed by atoms with Gasteiger partial charge in [0.1, 0.15) is 0 Å². The molecule has 0 saturated heterocycles. The summed E-state index contributed by atoms with van der Waals surface area (Å²) >= 11 is 1.82. The Morgan fingerprint density at radius 3 is 2.10 bits per heavy atom. The molecule has 0 N–H and O–H groups in total. The molecule has 3 nitrogen and oxygen atoms in total. The molecule has 6 aromatic carbocycles. The maximum Gasteiger partial charge on any atom is 0.0998 e. The average Bonchev–Trinajstić information content (AvgIpc) is 3.55. The van der Waals surface area contributed by atoms with E-state index in [1.165, 1.54) is 30.9 Å². The Bertz CT molecular complexity index is 2380. The first kappa shape index (κ1) is 22.6. The lowest BCUT2D eigenvalue weighted by atomic mass is 9.94. The number of nitrogens with zero attached hydrogens (tertiary/aromatic N) is 3. The standard InChI is InChI=1S/C36H19N3S/c37-20-24-7-5-8-25(21-38)35(24)23-13-15-31-30(18-23)36-27-9-2-1-6-22(27)12-16-32(36)39(31)26-14-17-34-29(19-26)28-10-3-4-11-33(28)40-34/h1-19H. The molecule has 0 atom stereocenters. The van der Waals surface area contributed by atoms with Crippen LogP contribution in [-0.4, -0.2) is 4.57 Å². The fraction of sp³-hybridized carbons (Fsp3) is 0. The molecule has 0 bridgehead atoms. The van der Waals surface area contributed by atoms with Crippen molar-refractivity contribution in [3.63, 3.8) is 0 Å². The van der Waals surface area contributed by atoms with Gasteiger partial charge in [0, 0.05) is 42.2 Å². The van der Waals surface area contributed by atoms with Gasteiger partial charge in [-0.1, -0.05) is 60.7 Å². The Morgan fingerprint density at radius 2 is 1.27 bits per heavy atom. The first-order valence-corrected chi connectivity index (χ1v) is 13.9. The molecule has 0 fully saturated rings. The van der Waals surface area contributed by atoms with E-state index in [0.29, 0.717) is 16.7 Å². The molecule has 0 aliphatic heterocycles. The molecule has 40 heavy (non-hydrogen) atoms. The largest absolute Gasteiger partial charge is 0.309 e. The van der Waals surface area contributed by atoms with Crippen LogP contribution in [0, 0.1) is 22.7 Å². The Hall–Kier alpha value is -5.42. The van der Waals surface area contributed by atoms with Crippen LogP contribution in [0.25, 0.3) is 69.6 Å². The highest BCUT2D eigenvalue weighted by Gasteiger charge is 2.18. The first-order valence-electron chi connectivity index (χ1n) is 13.1. The topological polar surface area (TPSA) is 52.5 Å². The lowest BCUT2D eigenvalue weighted by Crippen LogP contribution is -1.94. The van der Waals surface area contributed by atoms with E-state index in [0.717, 1.165) is 33.1 Å². The molecule has 2 heterocycles. The second kappa shape index (κ2) is 8.55. The van der Waals surface area contributed by atoms with Crippen LogP contribution in [0.1, 0.15) is 11.1 Å². The normalized spacial score (nSPS) is 11.4. The van der Waals surface area contributed by atoms with E-state index in [2.05, 4.69) is 108 Å². The first-order chi connectivity index (χ1) is 19.7. The molecule has 0 aliphatic carbocycles. The maximum atomic E-state index is 9.86. The molecular weight excluding hydrogens is 506 g/mol. The van der Waals surface area contributed by atoms with Crippen LogP contribution in [-0.2, 0) is 0 Å². The summed E-state index contributed by atoms with van der Waals surface area (Å²) in [5.41, 5.74) is 5.87. The zero-order valence-corrected chi connectivity index (χ0v) is 22.0. The molecule has 184 valence electrons. The molecule has 0 spiro atoms. The van der Waals surface area contributed by atoms with Crippen molar-refractivity contribution in [2.24, 2.45) is 0 Å². The van der Waals surface area contributed by atoms with Crippen LogP contribution in [0.4, 0.5) is 0 Å². The molecule has 0 radical (unpaired) electrons. The van der Waals surface area contributed by atoms with E-state index in [9.17, 15) is 10.5 Å². The molecule has 2 aromatic heterocycles. The predicted octanol–water partition coefficient (Wildman–Crippen LogP) is 9.72. The van der Waals surface area contributed by atoms with E-state index in [1.807, 2.05) is 17.4 Å². The minimum absolute atomic E-state index is 0.502. The van der Waals surface area contributed by atoms with Crippen molar-refractivity contribution in [2.75, 3.05) is 0 Å². The Morgan fingerprint density at radius 1 is 0.550 bits per heavy atom. The maximum absolute atomic E-state index is 9.86.